The van der Waals surface area contributed by atoms with E-state index in [1.165, 1.54) is 24.9 Å². The van der Waals surface area contributed by atoms with Crippen LogP contribution in [0.25, 0.3) is 0 Å². The average Bonchev–Trinajstić information content (AvgIpc) is 2.80. The molecule has 1 amide bonds. The maximum absolute atomic E-state index is 13.0. The van der Waals surface area contributed by atoms with Crippen molar-refractivity contribution in [2.75, 3.05) is 18.0 Å². The summed E-state index contributed by atoms with van der Waals surface area (Å²) in [4.78, 5) is 15.5. The molecule has 4 rings (SSSR count). The molecule has 1 unspecified atom stereocenters. The summed E-state index contributed by atoms with van der Waals surface area (Å²) in [6.07, 6.45) is 4.09. The Balaban J connectivity index is 1.63. The standard InChI is InChI=1S/C27H29N2O/c1-21-14-16-22(17-15-21)20-26(30)28-27(23-10-4-2-5-11-23)24-12-6-7-13-25(24)29-18-8-3-9-19-29/h2,4-7,10-17,27H,1,3,8-9,18-20H2,(H,28,30). The Kier molecular flexibility index (Phi) is 6.48. The van der Waals surface area contributed by atoms with Crippen molar-refractivity contribution in [1.29, 1.82) is 0 Å². The van der Waals surface area contributed by atoms with Crippen LogP contribution in [0.2, 0.25) is 0 Å². The molecule has 0 spiro atoms. The Morgan fingerprint density at radius 2 is 1.53 bits per heavy atom. The average molecular weight is 398 g/mol. The minimum atomic E-state index is -0.177. The Morgan fingerprint density at radius 3 is 2.27 bits per heavy atom. The summed E-state index contributed by atoms with van der Waals surface area (Å²) < 4.78 is 0. The van der Waals surface area contributed by atoms with Gasteiger partial charge in [0.05, 0.1) is 12.5 Å². The molecule has 0 aliphatic carbocycles. The fourth-order valence-corrected chi connectivity index (χ4v) is 4.20. The minimum absolute atomic E-state index is 0.0223. The fraction of sp³-hybridized carbons (Fsp3) is 0.259. The normalized spacial score (nSPS) is 14.9. The number of piperidine rings is 1. The number of nitrogens with zero attached hydrogens (tertiary/aromatic N) is 1. The van der Waals surface area contributed by atoms with E-state index >= 15 is 0 Å². The monoisotopic (exact) mass is 397 g/mol. The number of amides is 1. The Hall–Kier alpha value is -3.07. The smallest absolute Gasteiger partial charge is 0.225 e. The van der Waals surface area contributed by atoms with E-state index in [4.69, 9.17) is 0 Å². The van der Waals surface area contributed by atoms with E-state index < -0.39 is 0 Å². The van der Waals surface area contributed by atoms with Crippen LogP contribution in [0.1, 0.15) is 47.6 Å². The molecule has 0 aromatic heterocycles. The number of carbonyl (C=O) groups is 1. The SMILES string of the molecule is [CH2]c1ccc(CC(=O)NC(c2ccccc2)c2ccccc2N2CCCCC2)cc1. The van der Waals surface area contributed by atoms with Gasteiger partial charge in [-0.25, -0.2) is 0 Å². The Bertz CT molecular complexity index is 960. The highest BCUT2D eigenvalue weighted by Crippen LogP contribution is 2.32. The lowest BCUT2D eigenvalue weighted by Gasteiger charge is -2.33. The molecule has 3 heteroatoms. The molecule has 1 atom stereocenters. The van der Waals surface area contributed by atoms with Gasteiger partial charge in [-0.2, -0.15) is 0 Å². The van der Waals surface area contributed by atoms with E-state index in [1.807, 2.05) is 42.5 Å². The fourth-order valence-electron chi connectivity index (χ4n) is 4.20. The van der Waals surface area contributed by atoms with Gasteiger partial charge in [-0.15, -0.1) is 0 Å². The van der Waals surface area contributed by atoms with Crippen molar-refractivity contribution >= 4 is 11.6 Å². The van der Waals surface area contributed by atoms with E-state index in [0.717, 1.165) is 35.3 Å². The lowest BCUT2D eigenvalue weighted by molar-refractivity contribution is -0.120. The van der Waals surface area contributed by atoms with Crippen LogP contribution in [0.4, 0.5) is 5.69 Å². The molecule has 153 valence electrons. The number of hydrogen-bond acceptors (Lipinski definition) is 2. The second kappa shape index (κ2) is 9.62. The van der Waals surface area contributed by atoms with Crippen LogP contribution in [0, 0.1) is 6.92 Å². The molecule has 0 bridgehead atoms. The van der Waals surface area contributed by atoms with E-state index in [-0.39, 0.29) is 11.9 Å². The van der Waals surface area contributed by atoms with Crippen molar-refractivity contribution in [2.45, 2.75) is 31.7 Å². The van der Waals surface area contributed by atoms with E-state index in [2.05, 4.69) is 53.5 Å². The van der Waals surface area contributed by atoms with E-state index in [9.17, 15) is 4.79 Å². The first-order valence-corrected chi connectivity index (χ1v) is 10.8. The van der Waals surface area contributed by atoms with Crippen molar-refractivity contribution in [3.05, 3.63) is 108 Å². The van der Waals surface area contributed by atoms with Gasteiger partial charge in [0.2, 0.25) is 5.91 Å². The van der Waals surface area contributed by atoms with Crippen LogP contribution in [-0.4, -0.2) is 19.0 Å². The highest BCUT2D eigenvalue weighted by Gasteiger charge is 2.23. The van der Waals surface area contributed by atoms with Gasteiger partial charge in [0, 0.05) is 24.3 Å². The maximum Gasteiger partial charge on any atom is 0.225 e. The lowest BCUT2D eigenvalue weighted by atomic mass is 9.95. The summed E-state index contributed by atoms with van der Waals surface area (Å²) in [5.74, 6) is 0.0223. The zero-order valence-corrected chi connectivity index (χ0v) is 17.4. The predicted molar refractivity (Wildman–Crippen MR) is 124 cm³/mol. The number of nitrogens with one attached hydrogen (secondary N) is 1. The van der Waals surface area contributed by atoms with Crippen molar-refractivity contribution in [1.82, 2.24) is 5.32 Å². The summed E-state index contributed by atoms with van der Waals surface area (Å²) in [6, 6.07) is 26.4. The van der Waals surface area contributed by atoms with Gasteiger partial charge in [0.25, 0.3) is 0 Å². The highest BCUT2D eigenvalue weighted by atomic mass is 16.1. The summed E-state index contributed by atoms with van der Waals surface area (Å²) in [5.41, 5.74) is 5.44. The summed E-state index contributed by atoms with van der Waals surface area (Å²) in [6.45, 7) is 6.06. The Labute approximate surface area is 179 Å². The van der Waals surface area contributed by atoms with Gasteiger partial charge in [0.15, 0.2) is 0 Å². The molecule has 1 N–H and O–H groups in total. The first kappa shape index (κ1) is 20.2. The maximum atomic E-state index is 13.0. The third-order valence-electron chi connectivity index (χ3n) is 5.77. The minimum Gasteiger partial charge on any atom is -0.371 e. The molecule has 3 nitrogen and oxygen atoms in total. The second-order valence-corrected chi connectivity index (χ2v) is 8.01. The number of carbonyl (C=O) groups excluding carboxylic acids is 1. The van der Waals surface area contributed by atoms with Crippen LogP contribution in [0.15, 0.2) is 78.9 Å². The van der Waals surface area contributed by atoms with E-state index in [1.54, 1.807) is 0 Å². The van der Waals surface area contributed by atoms with Crippen molar-refractivity contribution in [3.63, 3.8) is 0 Å². The van der Waals surface area contributed by atoms with Crippen molar-refractivity contribution in [2.24, 2.45) is 0 Å². The first-order valence-electron chi connectivity index (χ1n) is 10.8. The van der Waals surface area contributed by atoms with Gasteiger partial charge >= 0.3 is 0 Å². The first-order chi connectivity index (χ1) is 14.7. The topological polar surface area (TPSA) is 32.3 Å². The summed E-state index contributed by atoms with van der Waals surface area (Å²) in [7, 11) is 0. The van der Waals surface area contributed by atoms with Crippen molar-refractivity contribution in [3.8, 4) is 0 Å². The number of para-hydroxylation sites is 1. The van der Waals surface area contributed by atoms with Gasteiger partial charge in [0.1, 0.15) is 0 Å². The third-order valence-corrected chi connectivity index (χ3v) is 5.77. The number of rotatable bonds is 6. The largest absolute Gasteiger partial charge is 0.371 e. The van der Waals surface area contributed by atoms with Crippen LogP contribution in [0.3, 0.4) is 0 Å². The van der Waals surface area contributed by atoms with Gasteiger partial charge in [-0.1, -0.05) is 72.8 Å². The molecule has 1 heterocycles. The zero-order valence-electron chi connectivity index (χ0n) is 17.4. The lowest BCUT2D eigenvalue weighted by Crippen LogP contribution is -2.34. The summed E-state index contributed by atoms with van der Waals surface area (Å²) >= 11 is 0. The van der Waals surface area contributed by atoms with Gasteiger partial charge < -0.3 is 10.2 Å². The number of anilines is 1. The molecule has 1 fully saturated rings. The van der Waals surface area contributed by atoms with Crippen LogP contribution >= 0.6 is 0 Å². The molecular formula is C27H29N2O. The van der Waals surface area contributed by atoms with Gasteiger partial charge in [-0.05, 0) is 48.9 Å². The third kappa shape index (κ3) is 4.91. The number of hydrogen-bond donors (Lipinski definition) is 1. The highest BCUT2D eigenvalue weighted by molar-refractivity contribution is 5.80. The van der Waals surface area contributed by atoms with Crippen LogP contribution in [0.5, 0.6) is 0 Å². The zero-order chi connectivity index (χ0) is 20.8. The molecule has 3 aromatic rings. The molecule has 30 heavy (non-hydrogen) atoms. The molecule has 3 aromatic carbocycles. The molecule has 1 radical (unpaired) electrons. The molecule has 1 aliphatic rings. The van der Waals surface area contributed by atoms with Crippen LogP contribution in [-0.2, 0) is 11.2 Å². The van der Waals surface area contributed by atoms with Gasteiger partial charge in [-0.3, -0.25) is 4.79 Å². The number of benzene rings is 3. The van der Waals surface area contributed by atoms with E-state index in [0.29, 0.717) is 6.42 Å². The predicted octanol–water partition coefficient (Wildman–Crippen LogP) is 5.31. The van der Waals surface area contributed by atoms with Crippen LogP contribution < -0.4 is 10.2 Å². The molecule has 0 saturated carbocycles. The quantitative estimate of drug-likeness (QED) is 0.611. The second-order valence-electron chi connectivity index (χ2n) is 8.01. The Morgan fingerprint density at radius 1 is 0.867 bits per heavy atom. The molecular weight excluding hydrogens is 368 g/mol. The molecule has 1 saturated heterocycles. The van der Waals surface area contributed by atoms with Crippen molar-refractivity contribution < 1.29 is 4.79 Å². The summed E-state index contributed by atoms with van der Waals surface area (Å²) in [5, 5.41) is 3.31. The molecule has 1 aliphatic heterocycles.